The van der Waals surface area contributed by atoms with Crippen molar-refractivity contribution >= 4 is 10.9 Å². The van der Waals surface area contributed by atoms with Crippen molar-refractivity contribution in [1.29, 1.82) is 0 Å². The van der Waals surface area contributed by atoms with Crippen LogP contribution in [0.3, 0.4) is 0 Å². The maximum Gasteiger partial charge on any atom is 0.117 e. The van der Waals surface area contributed by atoms with Gasteiger partial charge in [0.2, 0.25) is 0 Å². The van der Waals surface area contributed by atoms with Gasteiger partial charge in [0.1, 0.15) is 5.75 Å². The molecule has 17 heavy (non-hydrogen) atoms. The van der Waals surface area contributed by atoms with Gasteiger partial charge in [-0.3, -0.25) is 4.98 Å². The summed E-state index contributed by atoms with van der Waals surface area (Å²) in [5, 5.41) is 10.6. The number of aromatic hydroxyl groups is 1. The molecule has 0 amide bonds. The summed E-state index contributed by atoms with van der Waals surface area (Å²) in [6.07, 6.45) is 6.12. The van der Waals surface area contributed by atoms with Gasteiger partial charge in [-0.2, -0.15) is 0 Å². The van der Waals surface area contributed by atoms with E-state index in [0.717, 1.165) is 36.6 Å². The summed E-state index contributed by atoms with van der Waals surface area (Å²) in [6.45, 7) is 0. The number of pyridine rings is 1. The van der Waals surface area contributed by atoms with Crippen LogP contribution in [0.15, 0.2) is 30.5 Å². The van der Waals surface area contributed by atoms with E-state index in [4.69, 9.17) is 5.73 Å². The second kappa shape index (κ2) is 3.70. The van der Waals surface area contributed by atoms with E-state index in [0.29, 0.717) is 0 Å². The number of aryl methyl sites for hydroxylation is 1. The molecular formula is C14H16N2O. The van der Waals surface area contributed by atoms with Crippen LogP contribution in [-0.4, -0.2) is 15.6 Å². The fourth-order valence-corrected chi connectivity index (χ4v) is 2.21. The number of fused-ring (bicyclic) bond motifs is 1. The predicted octanol–water partition coefficient (Wildman–Crippen LogP) is 2.36. The van der Waals surface area contributed by atoms with Crippen LogP contribution in [0.2, 0.25) is 0 Å². The third-order valence-corrected chi connectivity index (χ3v) is 3.60. The molecule has 0 atom stereocenters. The summed E-state index contributed by atoms with van der Waals surface area (Å²) in [5.41, 5.74) is 8.32. The molecule has 1 fully saturated rings. The molecule has 3 N–H and O–H groups in total. The standard InChI is InChI=1S/C14H16N2O/c15-14(6-7-14)5-3-10-4-8-16-13-9-11(17)1-2-12(10)13/h1-2,4,8-9,17H,3,5-7,15H2. The molecule has 1 aliphatic carbocycles. The van der Waals surface area contributed by atoms with E-state index in [1.807, 2.05) is 12.1 Å². The SMILES string of the molecule is NC1(CCc2ccnc3cc(O)ccc23)CC1. The first-order valence-electron chi connectivity index (χ1n) is 6.02. The van der Waals surface area contributed by atoms with E-state index in [-0.39, 0.29) is 11.3 Å². The van der Waals surface area contributed by atoms with Crippen molar-refractivity contribution in [2.45, 2.75) is 31.2 Å². The van der Waals surface area contributed by atoms with E-state index >= 15 is 0 Å². The summed E-state index contributed by atoms with van der Waals surface area (Å²) in [6, 6.07) is 7.39. The molecule has 0 aliphatic heterocycles. The van der Waals surface area contributed by atoms with Crippen molar-refractivity contribution in [2.75, 3.05) is 0 Å². The first-order chi connectivity index (χ1) is 8.16. The maximum absolute atomic E-state index is 9.43. The molecule has 1 aliphatic rings. The zero-order valence-corrected chi connectivity index (χ0v) is 9.69. The number of rotatable bonds is 3. The molecule has 3 rings (SSSR count). The number of phenolic OH excluding ortho intramolecular Hbond substituents is 1. The number of nitrogens with zero attached hydrogens (tertiary/aromatic N) is 1. The zero-order chi connectivity index (χ0) is 11.9. The van der Waals surface area contributed by atoms with E-state index in [1.165, 1.54) is 5.56 Å². The Hall–Kier alpha value is -1.61. The van der Waals surface area contributed by atoms with Crippen molar-refractivity contribution < 1.29 is 5.11 Å². The predicted molar refractivity (Wildman–Crippen MR) is 67.9 cm³/mol. The van der Waals surface area contributed by atoms with Gasteiger partial charge in [0.05, 0.1) is 5.52 Å². The maximum atomic E-state index is 9.43. The topological polar surface area (TPSA) is 59.1 Å². The Labute approximate surface area is 100 Å². The van der Waals surface area contributed by atoms with Gasteiger partial charge < -0.3 is 10.8 Å². The lowest BCUT2D eigenvalue weighted by molar-refractivity contribution is 0.476. The number of nitrogens with two attached hydrogens (primary N) is 1. The van der Waals surface area contributed by atoms with Crippen LogP contribution < -0.4 is 5.73 Å². The van der Waals surface area contributed by atoms with Crippen LogP contribution in [0.5, 0.6) is 5.75 Å². The molecule has 1 aromatic heterocycles. The smallest absolute Gasteiger partial charge is 0.117 e. The minimum atomic E-state index is 0.0898. The van der Waals surface area contributed by atoms with Crippen LogP contribution >= 0.6 is 0 Å². The highest BCUT2D eigenvalue weighted by molar-refractivity contribution is 5.83. The number of hydrogen-bond acceptors (Lipinski definition) is 3. The molecule has 2 aromatic rings. The molecule has 3 heteroatoms. The van der Waals surface area contributed by atoms with E-state index < -0.39 is 0 Å². The minimum absolute atomic E-state index is 0.0898. The third kappa shape index (κ3) is 2.11. The van der Waals surface area contributed by atoms with Gasteiger partial charge in [0.25, 0.3) is 0 Å². The lowest BCUT2D eigenvalue weighted by Gasteiger charge is -2.10. The molecule has 0 unspecified atom stereocenters. The number of hydrogen-bond donors (Lipinski definition) is 2. The Kier molecular flexibility index (Phi) is 2.30. The molecule has 0 bridgehead atoms. The average Bonchev–Trinajstić information content (AvgIpc) is 3.05. The largest absolute Gasteiger partial charge is 0.508 e. The van der Waals surface area contributed by atoms with Crippen molar-refractivity contribution in [3.05, 3.63) is 36.0 Å². The summed E-state index contributed by atoms with van der Waals surface area (Å²) in [7, 11) is 0. The first kappa shape index (κ1) is 10.5. The Bertz CT molecular complexity index is 561. The molecule has 0 spiro atoms. The minimum Gasteiger partial charge on any atom is -0.508 e. The van der Waals surface area contributed by atoms with Crippen molar-refractivity contribution in [3.8, 4) is 5.75 Å². The summed E-state index contributed by atoms with van der Waals surface area (Å²) < 4.78 is 0. The Balaban J connectivity index is 1.92. The molecule has 1 heterocycles. The highest BCUT2D eigenvalue weighted by Crippen LogP contribution is 2.37. The zero-order valence-electron chi connectivity index (χ0n) is 9.69. The van der Waals surface area contributed by atoms with Crippen LogP contribution in [0.25, 0.3) is 10.9 Å². The van der Waals surface area contributed by atoms with Gasteiger partial charge in [-0.25, -0.2) is 0 Å². The van der Waals surface area contributed by atoms with Gasteiger partial charge in [-0.15, -0.1) is 0 Å². The summed E-state index contributed by atoms with van der Waals surface area (Å²) >= 11 is 0. The Morgan fingerprint density at radius 2 is 2.12 bits per heavy atom. The Morgan fingerprint density at radius 3 is 2.88 bits per heavy atom. The highest BCUT2D eigenvalue weighted by Gasteiger charge is 2.37. The monoisotopic (exact) mass is 228 g/mol. The van der Waals surface area contributed by atoms with Gasteiger partial charge in [0.15, 0.2) is 0 Å². The molecular weight excluding hydrogens is 212 g/mol. The molecule has 0 radical (unpaired) electrons. The van der Waals surface area contributed by atoms with Crippen LogP contribution in [0, 0.1) is 0 Å². The normalized spacial score (nSPS) is 17.2. The quantitative estimate of drug-likeness (QED) is 0.847. The van der Waals surface area contributed by atoms with Crippen molar-refractivity contribution in [3.63, 3.8) is 0 Å². The number of aromatic nitrogens is 1. The molecule has 1 saturated carbocycles. The van der Waals surface area contributed by atoms with Gasteiger partial charge in [-0.1, -0.05) is 0 Å². The third-order valence-electron chi connectivity index (χ3n) is 3.60. The second-order valence-electron chi connectivity index (χ2n) is 5.03. The van der Waals surface area contributed by atoms with Crippen LogP contribution in [-0.2, 0) is 6.42 Å². The van der Waals surface area contributed by atoms with E-state index in [9.17, 15) is 5.11 Å². The van der Waals surface area contributed by atoms with Crippen molar-refractivity contribution in [2.24, 2.45) is 5.73 Å². The van der Waals surface area contributed by atoms with Gasteiger partial charge >= 0.3 is 0 Å². The molecule has 3 nitrogen and oxygen atoms in total. The summed E-state index contributed by atoms with van der Waals surface area (Å²) in [4.78, 5) is 4.27. The highest BCUT2D eigenvalue weighted by atomic mass is 16.3. The summed E-state index contributed by atoms with van der Waals surface area (Å²) in [5.74, 6) is 0.264. The van der Waals surface area contributed by atoms with E-state index in [2.05, 4.69) is 4.98 Å². The van der Waals surface area contributed by atoms with Gasteiger partial charge in [-0.05, 0) is 49.4 Å². The average molecular weight is 228 g/mol. The Morgan fingerprint density at radius 1 is 1.29 bits per heavy atom. The molecule has 88 valence electrons. The van der Waals surface area contributed by atoms with Gasteiger partial charge in [0, 0.05) is 23.2 Å². The lowest BCUT2D eigenvalue weighted by Crippen LogP contribution is -2.22. The first-order valence-corrected chi connectivity index (χ1v) is 6.02. The fraction of sp³-hybridized carbons (Fsp3) is 0.357. The second-order valence-corrected chi connectivity index (χ2v) is 5.03. The lowest BCUT2D eigenvalue weighted by atomic mass is 10.0. The van der Waals surface area contributed by atoms with Crippen LogP contribution in [0.1, 0.15) is 24.8 Å². The van der Waals surface area contributed by atoms with E-state index in [1.54, 1.807) is 18.3 Å². The molecule has 0 saturated heterocycles. The van der Waals surface area contributed by atoms with Crippen molar-refractivity contribution in [1.82, 2.24) is 4.98 Å². The number of phenols is 1. The molecule has 1 aromatic carbocycles. The number of benzene rings is 1. The fourth-order valence-electron chi connectivity index (χ4n) is 2.21. The van der Waals surface area contributed by atoms with Crippen LogP contribution in [0.4, 0.5) is 0 Å².